The zero-order chi connectivity index (χ0) is 15.4. The van der Waals surface area contributed by atoms with Gasteiger partial charge in [-0.2, -0.15) is 0 Å². The molecule has 0 radical (unpaired) electrons. The lowest BCUT2D eigenvalue weighted by Crippen LogP contribution is -2.34. The monoisotopic (exact) mass is 310 g/mol. The quantitative estimate of drug-likeness (QED) is 0.802. The van der Waals surface area contributed by atoms with Gasteiger partial charge in [0.05, 0.1) is 20.0 Å². The number of carbonyl (C=O) groups is 1. The average Bonchev–Trinajstić information content (AvgIpc) is 2.85. The summed E-state index contributed by atoms with van der Waals surface area (Å²) in [5, 5.41) is -0.0116. The molecular formula is C15H22N2O3S. The molecule has 5 nitrogen and oxygen atoms in total. The Morgan fingerprint density at radius 3 is 2.71 bits per heavy atom. The molecule has 1 heterocycles. The highest BCUT2D eigenvalue weighted by Gasteiger charge is 2.34. The summed E-state index contributed by atoms with van der Waals surface area (Å²) < 4.78 is 10.7. The van der Waals surface area contributed by atoms with Gasteiger partial charge in [0.2, 0.25) is 5.91 Å². The van der Waals surface area contributed by atoms with Crippen molar-refractivity contribution in [3.8, 4) is 11.5 Å². The Morgan fingerprint density at radius 2 is 2.10 bits per heavy atom. The third-order valence-corrected chi connectivity index (χ3v) is 4.70. The van der Waals surface area contributed by atoms with E-state index in [2.05, 4.69) is 4.90 Å². The van der Waals surface area contributed by atoms with Crippen LogP contribution >= 0.6 is 11.8 Å². The van der Waals surface area contributed by atoms with Crippen LogP contribution in [0.2, 0.25) is 0 Å². The molecular weight excluding hydrogens is 288 g/mol. The molecule has 0 bridgehead atoms. The minimum absolute atomic E-state index is 0.0116. The minimum atomic E-state index is -0.0116. The molecule has 1 saturated heterocycles. The Kier molecular flexibility index (Phi) is 5.36. The van der Waals surface area contributed by atoms with Crippen molar-refractivity contribution in [1.82, 2.24) is 9.80 Å². The summed E-state index contributed by atoms with van der Waals surface area (Å²) in [6, 6.07) is 5.72. The first-order chi connectivity index (χ1) is 10.1. The minimum Gasteiger partial charge on any atom is -0.497 e. The topological polar surface area (TPSA) is 42.0 Å². The van der Waals surface area contributed by atoms with Gasteiger partial charge in [-0.1, -0.05) is 0 Å². The maximum absolute atomic E-state index is 12.1. The number of hydrogen-bond acceptors (Lipinski definition) is 5. The van der Waals surface area contributed by atoms with Crippen molar-refractivity contribution in [2.75, 3.05) is 47.2 Å². The Hall–Kier alpha value is -1.40. The highest BCUT2D eigenvalue weighted by atomic mass is 32.2. The van der Waals surface area contributed by atoms with Crippen LogP contribution in [0.3, 0.4) is 0 Å². The second-order valence-corrected chi connectivity index (χ2v) is 6.23. The van der Waals surface area contributed by atoms with Gasteiger partial charge < -0.3 is 19.3 Å². The van der Waals surface area contributed by atoms with E-state index in [-0.39, 0.29) is 11.3 Å². The fourth-order valence-electron chi connectivity index (χ4n) is 2.29. The van der Waals surface area contributed by atoms with Crippen LogP contribution in [0.15, 0.2) is 18.2 Å². The fourth-order valence-corrected chi connectivity index (χ4v) is 3.53. The maximum atomic E-state index is 12.1. The van der Waals surface area contributed by atoms with Crippen molar-refractivity contribution in [3.05, 3.63) is 23.8 Å². The molecule has 1 aromatic rings. The molecule has 0 spiro atoms. The normalized spacial score (nSPS) is 18.4. The summed E-state index contributed by atoms with van der Waals surface area (Å²) in [5.74, 6) is 2.26. The molecule has 1 aliphatic rings. The molecule has 1 aliphatic heterocycles. The Bertz CT molecular complexity index is 508. The molecule has 0 N–H and O–H groups in total. The highest BCUT2D eigenvalue weighted by molar-refractivity contribution is 8.00. The van der Waals surface area contributed by atoms with Crippen molar-refractivity contribution in [1.29, 1.82) is 0 Å². The smallest absolute Gasteiger partial charge is 0.233 e. The molecule has 6 heteroatoms. The summed E-state index contributed by atoms with van der Waals surface area (Å²) in [5.41, 5.74) is 0.992. The van der Waals surface area contributed by atoms with E-state index in [0.717, 1.165) is 23.6 Å². The number of hydrogen-bond donors (Lipinski definition) is 0. The van der Waals surface area contributed by atoms with Gasteiger partial charge in [-0.05, 0) is 32.3 Å². The van der Waals surface area contributed by atoms with Crippen LogP contribution < -0.4 is 9.47 Å². The molecule has 116 valence electrons. The summed E-state index contributed by atoms with van der Waals surface area (Å²) in [7, 11) is 7.31. The van der Waals surface area contributed by atoms with Gasteiger partial charge in [0, 0.05) is 18.7 Å². The highest BCUT2D eigenvalue weighted by Crippen LogP contribution is 2.43. The lowest BCUT2D eigenvalue weighted by Gasteiger charge is -2.27. The number of methoxy groups -OCH3 is 2. The Labute approximate surface area is 130 Å². The van der Waals surface area contributed by atoms with Gasteiger partial charge in [-0.25, -0.2) is 0 Å². The molecule has 1 fully saturated rings. The zero-order valence-electron chi connectivity index (χ0n) is 13.0. The second-order valence-electron chi connectivity index (χ2n) is 5.16. The van der Waals surface area contributed by atoms with Crippen molar-refractivity contribution in [2.24, 2.45) is 0 Å². The Balaban J connectivity index is 2.27. The van der Waals surface area contributed by atoms with Crippen LogP contribution in [0.5, 0.6) is 11.5 Å². The van der Waals surface area contributed by atoms with Crippen molar-refractivity contribution < 1.29 is 14.3 Å². The van der Waals surface area contributed by atoms with Gasteiger partial charge >= 0.3 is 0 Å². The number of ether oxygens (including phenoxy) is 2. The Morgan fingerprint density at radius 1 is 1.33 bits per heavy atom. The predicted octanol–water partition coefficient (Wildman–Crippen LogP) is 1.84. The standard InChI is InChI=1S/C15H22N2O3S/c1-16(2)7-8-17-14(18)10-21-15(17)12-9-11(19-3)5-6-13(12)20-4/h5-6,9,15H,7-8,10H2,1-4H3. The number of rotatable bonds is 6. The molecule has 1 unspecified atom stereocenters. The first-order valence-corrected chi connectivity index (χ1v) is 7.89. The van der Waals surface area contributed by atoms with Gasteiger partial charge in [-0.15, -0.1) is 11.8 Å². The number of benzene rings is 1. The number of carbonyl (C=O) groups excluding carboxylic acids is 1. The molecule has 2 rings (SSSR count). The van der Waals surface area contributed by atoms with Crippen LogP contribution in [0.4, 0.5) is 0 Å². The fraction of sp³-hybridized carbons (Fsp3) is 0.533. The van der Waals surface area contributed by atoms with E-state index in [1.165, 1.54) is 0 Å². The van der Waals surface area contributed by atoms with E-state index in [0.29, 0.717) is 12.3 Å². The SMILES string of the molecule is COc1ccc(OC)c(C2SCC(=O)N2CCN(C)C)c1. The third-order valence-electron chi connectivity index (χ3n) is 3.46. The number of likely N-dealkylation sites (N-methyl/N-ethyl adjacent to an activating group) is 1. The van der Waals surface area contributed by atoms with Crippen LogP contribution in [0.25, 0.3) is 0 Å². The van der Waals surface area contributed by atoms with Crippen LogP contribution in [0, 0.1) is 0 Å². The van der Waals surface area contributed by atoms with Gasteiger partial charge in [-0.3, -0.25) is 4.79 Å². The van der Waals surface area contributed by atoms with E-state index >= 15 is 0 Å². The predicted molar refractivity (Wildman–Crippen MR) is 85.0 cm³/mol. The summed E-state index contributed by atoms with van der Waals surface area (Å²) in [6.07, 6.45) is 0. The molecule has 0 aromatic heterocycles. The molecule has 0 saturated carbocycles. The van der Waals surface area contributed by atoms with Gasteiger partial charge in [0.1, 0.15) is 16.9 Å². The van der Waals surface area contributed by atoms with Crippen molar-refractivity contribution in [3.63, 3.8) is 0 Å². The molecule has 1 aromatic carbocycles. The number of amides is 1. The van der Waals surface area contributed by atoms with E-state index in [9.17, 15) is 4.79 Å². The molecule has 21 heavy (non-hydrogen) atoms. The summed E-state index contributed by atoms with van der Waals surface area (Å²) in [6.45, 7) is 1.55. The lowest BCUT2D eigenvalue weighted by molar-refractivity contribution is -0.128. The summed E-state index contributed by atoms with van der Waals surface area (Å²) >= 11 is 1.63. The third kappa shape index (κ3) is 3.63. The van der Waals surface area contributed by atoms with Crippen LogP contribution in [0.1, 0.15) is 10.9 Å². The van der Waals surface area contributed by atoms with Crippen LogP contribution in [-0.4, -0.2) is 62.9 Å². The largest absolute Gasteiger partial charge is 0.497 e. The molecule has 1 amide bonds. The van der Waals surface area contributed by atoms with E-state index in [1.54, 1.807) is 26.0 Å². The first-order valence-electron chi connectivity index (χ1n) is 6.84. The van der Waals surface area contributed by atoms with Crippen molar-refractivity contribution in [2.45, 2.75) is 5.37 Å². The first kappa shape index (κ1) is 16.0. The lowest BCUT2D eigenvalue weighted by atomic mass is 10.1. The van der Waals surface area contributed by atoms with E-state index < -0.39 is 0 Å². The summed E-state index contributed by atoms with van der Waals surface area (Å²) in [4.78, 5) is 16.1. The van der Waals surface area contributed by atoms with Crippen molar-refractivity contribution >= 4 is 17.7 Å². The molecule has 0 aliphatic carbocycles. The van der Waals surface area contributed by atoms with Crippen LogP contribution in [-0.2, 0) is 4.79 Å². The number of thioether (sulfide) groups is 1. The maximum Gasteiger partial charge on any atom is 0.233 e. The molecule has 1 atom stereocenters. The van der Waals surface area contributed by atoms with E-state index in [1.807, 2.05) is 37.2 Å². The van der Waals surface area contributed by atoms with Gasteiger partial charge in [0.25, 0.3) is 0 Å². The van der Waals surface area contributed by atoms with Gasteiger partial charge in [0.15, 0.2) is 0 Å². The van der Waals surface area contributed by atoms with E-state index in [4.69, 9.17) is 9.47 Å². The average molecular weight is 310 g/mol. The number of nitrogens with zero attached hydrogens (tertiary/aromatic N) is 2. The second kappa shape index (κ2) is 7.04. The zero-order valence-corrected chi connectivity index (χ0v) is 13.8.